The second-order valence-corrected chi connectivity index (χ2v) is 3.81. The van der Waals surface area contributed by atoms with Crippen molar-refractivity contribution in [3.8, 4) is 0 Å². The fourth-order valence-corrected chi connectivity index (χ4v) is 2.00. The zero-order chi connectivity index (χ0) is 9.14. The highest BCUT2D eigenvalue weighted by molar-refractivity contribution is 14.1. The van der Waals surface area contributed by atoms with E-state index in [1.165, 1.54) is 6.07 Å². The molecule has 0 spiro atoms. The SMILES string of the molecule is CNC(C)c1c(F)cccc1I. The molecule has 0 heterocycles. The smallest absolute Gasteiger partial charge is 0.129 e. The lowest BCUT2D eigenvalue weighted by molar-refractivity contribution is 0.559. The van der Waals surface area contributed by atoms with Crippen molar-refractivity contribution in [2.75, 3.05) is 7.05 Å². The summed E-state index contributed by atoms with van der Waals surface area (Å²) in [6, 6.07) is 5.19. The van der Waals surface area contributed by atoms with Gasteiger partial charge in [-0.15, -0.1) is 0 Å². The Kier molecular flexibility index (Phi) is 3.46. The standard InChI is InChI=1S/C9H11FIN/c1-6(12-2)9-7(10)4-3-5-8(9)11/h3-6,12H,1-2H3. The number of hydrogen-bond acceptors (Lipinski definition) is 1. The lowest BCUT2D eigenvalue weighted by Gasteiger charge is -2.13. The van der Waals surface area contributed by atoms with Crippen molar-refractivity contribution >= 4 is 22.6 Å². The van der Waals surface area contributed by atoms with Gasteiger partial charge in [-0.1, -0.05) is 6.07 Å². The highest BCUT2D eigenvalue weighted by Crippen LogP contribution is 2.22. The summed E-state index contributed by atoms with van der Waals surface area (Å²) in [6.07, 6.45) is 0. The summed E-state index contributed by atoms with van der Waals surface area (Å²) in [5.74, 6) is -0.135. The van der Waals surface area contributed by atoms with Gasteiger partial charge in [0.2, 0.25) is 0 Å². The molecule has 12 heavy (non-hydrogen) atoms. The van der Waals surface area contributed by atoms with Crippen LogP contribution in [0.5, 0.6) is 0 Å². The van der Waals surface area contributed by atoms with Gasteiger partial charge in [-0.3, -0.25) is 0 Å². The summed E-state index contributed by atoms with van der Waals surface area (Å²) in [4.78, 5) is 0. The van der Waals surface area contributed by atoms with Gasteiger partial charge in [0.15, 0.2) is 0 Å². The molecule has 0 radical (unpaired) electrons. The molecule has 1 rings (SSSR count). The van der Waals surface area contributed by atoms with Crippen LogP contribution >= 0.6 is 22.6 Å². The lowest BCUT2D eigenvalue weighted by Crippen LogP contribution is -2.15. The molecule has 1 aromatic rings. The molecule has 1 aromatic carbocycles. The Morgan fingerprint density at radius 1 is 1.50 bits per heavy atom. The van der Waals surface area contributed by atoms with E-state index in [1.54, 1.807) is 6.07 Å². The van der Waals surface area contributed by atoms with E-state index < -0.39 is 0 Å². The van der Waals surface area contributed by atoms with E-state index in [0.29, 0.717) is 0 Å². The molecule has 0 amide bonds. The van der Waals surface area contributed by atoms with Gasteiger partial charge in [0.25, 0.3) is 0 Å². The van der Waals surface area contributed by atoms with Crippen LogP contribution in [0.15, 0.2) is 18.2 Å². The minimum Gasteiger partial charge on any atom is -0.313 e. The Hall–Kier alpha value is -0.160. The fourth-order valence-electron chi connectivity index (χ4n) is 1.07. The molecule has 0 aromatic heterocycles. The summed E-state index contributed by atoms with van der Waals surface area (Å²) >= 11 is 2.14. The number of halogens is 2. The van der Waals surface area contributed by atoms with Gasteiger partial charge in [-0.05, 0) is 48.7 Å². The highest BCUT2D eigenvalue weighted by atomic mass is 127. The quantitative estimate of drug-likeness (QED) is 0.821. The molecule has 3 heteroatoms. The molecule has 1 nitrogen and oxygen atoms in total. The van der Waals surface area contributed by atoms with Gasteiger partial charge >= 0.3 is 0 Å². The van der Waals surface area contributed by atoms with Crippen LogP contribution in [-0.2, 0) is 0 Å². The van der Waals surface area contributed by atoms with E-state index in [9.17, 15) is 4.39 Å². The molecule has 0 saturated heterocycles. The third-order valence-corrected chi connectivity index (χ3v) is 2.81. The van der Waals surface area contributed by atoms with Crippen molar-refractivity contribution in [2.45, 2.75) is 13.0 Å². The zero-order valence-corrected chi connectivity index (χ0v) is 9.22. The number of rotatable bonds is 2. The Morgan fingerprint density at radius 3 is 2.67 bits per heavy atom. The largest absolute Gasteiger partial charge is 0.313 e. The van der Waals surface area contributed by atoms with Gasteiger partial charge in [-0.2, -0.15) is 0 Å². The van der Waals surface area contributed by atoms with Gasteiger partial charge in [-0.25, -0.2) is 4.39 Å². The van der Waals surface area contributed by atoms with Crippen LogP contribution in [0, 0.1) is 9.39 Å². The van der Waals surface area contributed by atoms with E-state index in [2.05, 4.69) is 27.9 Å². The van der Waals surface area contributed by atoms with Crippen molar-refractivity contribution in [1.29, 1.82) is 0 Å². The van der Waals surface area contributed by atoms with E-state index in [0.717, 1.165) is 9.13 Å². The number of nitrogens with one attached hydrogen (secondary N) is 1. The maximum atomic E-state index is 13.2. The molecule has 1 N–H and O–H groups in total. The van der Waals surface area contributed by atoms with Crippen LogP contribution in [0.4, 0.5) is 4.39 Å². The average Bonchev–Trinajstić information content (AvgIpc) is 2.03. The molecular weight excluding hydrogens is 268 g/mol. The highest BCUT2D eigenvalue weighted by Gasteiger charge is 2.11. The summed E-state index contributed by atoms with van der Waals surface area (Å²) in [7, 11) is 1.83. The summed E-state index contributed by atoms with van der Waals surface area (Å²) < 4.78 is 14.2. The van der Waals surface area contributed by atoms with Crippen molar-refractivity contribution < 1.29 is 4.39 Å². The molecule has 1 unspecified atom stereocenters. The molecule has 0 fully saturated rings. The first-order valence-electron chi connectivity index (χ1n) is 3.78. The minimum absolute atomic E-state index is 0.0677. The summed E-state index contributed by atoms with van der Waals surface area (Å²) in [5, 5.41) is 3.02. The number of hydrogen-bond donors (Lipinski definition) is 1. The molecule has 0 saturated carbocycles. The lowest BCUT2D eigenvalue weighted by atomic mass is 10.1. The molecule has 1 atom stereocenters. The van der Waals surface area contributed by atoms with Crippen LogP contribution in [0.1, 0.15) is 18.5 Å². The first kappa shape index (κ1) is 9.92. The first-order chi connectivity index (χ1) is 5.66. The second-order valence-electron chi connectivity index (χ2n) is 2.65. The zero-order valence-electron chi connectivity index (χ0n) is 7.07. The molecular formula is C9H11FIN. The van der Waals surface area contributed by atoms with E-state index in [-0.39, 0.29) is 11.9 Å². The Balaban J connectivity index is 3.12. The predicted octanol–water partition coefficient (Wildman–Crippen LogP) is 2.71. The molecule has 0 bridgehead atoms. The molecule has 0 aliphatic heterocycles. The average molecular weight is 279 g/mol. The van der Waals surface area contributed by atoms with Crippen LogP contribution < -0.4 is 5.32 Å². The Morgan fingerprint density at radius 2 is 2.17 bits per heavy atom. The van der Waals surface area contributed by atoms with E-state index >= 15 is 0 Å². The maximum Gasteiger partial charge on any atom is 0.129 e. The summed E-state index contributed by atoms with van der Waals surface area (Å²) in [5.41, 5.74) is 0.751. The summed E-state index contributed by atoms with van der Waals surface area (Å²) in [6.45, 7) is 1.95. The van der Waals surface area contributed by atoms with Crippen LogP contribution in [0.2, 0.25) is 0 Å². The van der Waals surface area contributed by atoms with Crippen LogP contribution in [0.25, 0.3) is 0 Å². The monoisotopic (exact) mass is 279 g/mol. The minimum atomic E-state index is -0.135. The molecule has 0 aliphatic carbocycles. The van der Waals surface area contributed by atoms with Crippen molar-refractivity contribution in [2.24, 2.45) is 0 Å². The molecule has 0 aliphatic rings. The van der Waals surface area contributed by atoms with Crippen LogP contribution in [-0.4, -0.2) is 7.05 Å². The van der Waals surface area contributed by atoms with Crippen molar-refractivity contribution in [3.63, 3.8) is 0 Å². The third-order valence-electron chi connectivity index (χ3n) is 1.87. The van der Waals surface area contributed by atoms with Crippen LogP contribution in [0.3, 0.4) is 0 Å². The fraction of sp³-hybridized carbons (Fsp3) is 0.333. The van der Waals surface area contributed by atoms with Gasteiger partial charge in [0, 0.05) is 15.2 Å². The van der Waals surface area contributed by atoms with Crippen molar-refractivity contribution in [3.05, 3.63) is 33.1 Å². The Labute approximate surface area is 85.5 Å². The first-order valence-corrected chi connectivity index (χ1v) is 4.86. The topological polar surface area (TPSA) is 12.0 Å². The molecule has 66 valence electrons. The van der Waals surface area contributed by atoms with Crippen molar-refractivity contribution in [1.82, 2.24) is 5.32 Å². The maximum absolute atomic E-state index is 13.2. The second kappa shape index (κ2) is 4.18. The van der Waals surface area contributed by atoms with E-state index in [4.69, 9.17) is 0 Å². The Bertz CT molecular complexity index is 255. The van der Waals surface area contributed by atoms with Gasteiger partial charge in [0.1, 0.15) is 5.82 Å². The normalized spacial score (nSPS) is 13.0. The third kappa shape index (κ3) is 1.95. The number of benzene rings is 1. The van der Waals surface area contributed by atoms with E-state index in [1.807, 2.05) is 20.0 Å². The van der Waals surface area contributed by atoms with Gasteiger partial charge < -0.3 is 5.32 Å². The predicted molar refractivity (Wildman–Crippen MR) is 56.6 cm³/mol. The van der Waals surface area contributed by atoms with Gasteiger partial charge in [0.05, 0.1) is 0 Å².